The Hall–Kier alpha value is -3.99. The minimum Gasteiger partial charge on any atom is -0.497 e. The van der Waals surface area contributed by atoms with Gasteiger partial charge in [0.25, 0.3) is 5.91 Å². The van der Waals surface area contributed by atoms with Crippen LogP contribution in [0.5, 0.6) is 11.5 Å². The molecule has 0 aliphatic rings. The third-order valence-electron chi connectivity index (χ3n) is 4.63. The number of nitrogens with zero attached hydrogens (tertiary/aromatic N) is 1. The molecule has 2 N–H and O–H groups in total. The maximum absolute atomic E-state index is 12.7. The number of nitriles is 1. The number of carboxylic acid groups (broad SMARTS) is 1. The second kappa shape index (κ2) is 11.2. The Kier molecular flexibility index (Phi) is 8.14. The van der Waals surface area contributed by atoms with Crippen LogP contribution in [0.25, 0.3) is 6.08 Å². The first-order valence-electron chi connectivity index (χ1n) is 9.82. The van der Waals surface area contributed by atoms with Crippen LogP contribution in [0.3, 0.4) is 0 Å². The summed E-state index contributed by atoms with van der Waals surface area (Å²) >= 11 is 12.5. The Morgan fingerprint density at radius 2 is 1.76 bits per heavy atom. The molecule has 172 valence electrons. The van der Waals surface area contributed by atoms with Crippen molar-refractivity contribution in [1.82, 2.24) is 0 Å². The number of benzene rings is 3. The van der Waals surface area contributed by atoms with Gasteiger partial charge in [-0.2, -0.15) is 5.26 Å². The summed E-state index contributed by atoms with van der Waals surface area (Å²) in [5, 5.41) is 21.7. The van der Waals surface area contributed by atoms with E-state index in [-0.39, 0.29) is 28.5 Å². The van der Waals surface area contributed by atoms with E-state index in [1.807, 2.05) is 6.07 Å². The summed E-state index contributed by atoms with van der Waals surface area (Å²) in [6, 6.07) is 17.7. The zero-order chi connectivity index (χ0) is 24.7. The van der Waals surface area contributed by atoms with Crippen molar-refractivity contribution in [3.05, 3.63) is 93.0 Å². The number of hydrogen-bond donors (Lipinski definition) is 2. The molecule has 9 heteroatoms. The number of halogens is 2. The smallest absolute Gasteiger partial charge is 0.335 e. The number of ether oxygens (including phenoxy) is 2. The molecule has 0 bridgehead atoms. The van der Waals surface area contributed by atoms with E-state index in [0.29, 0.717) is 27.6 Å². The number of amides is 1. The summed E-state index contributed by atoms with van der Waals surface area (Å²) in [6.45, 7) is 0.0715. The zero-order valence-corrected chi connectivity index (χ0v) is 19.4. The molecule has 0 heterocycles. The highest BCUT2D eigenvalue weighted by atomic mass is 35.5. The Morgan fingerprint density at radius 1 is 1.09 bits per heavy atom. The molecule has 0 atom stereocenters. The van der Waals surface area contributed by atoms with E-state index in [1.165, 1.54) is 37.5 Å². The van der Waals surface area contributed by atoms with Crippen LogP contribution in [0.15, 0.2) is 66.2 Å². The van der Waals surface area contributed by atoms with Crippen LogP contribution in [-0.2, 0) is 11.4 Å². The normalized spacial score (nSPS) is 10.8. The third-order valence-corrected chi connectivity index (χ3v) is 5.13. The monoisotopic (exact) mass is 496 g/mol. The van der Waals surface area contributed by atoms with Gasteiger partial charge >= 0.3 is 5.97 Å². The molecule has 34 heavy (non-hydrogen) atoms. The molecule has 0 aromatic heterocycles. The van der Waals surface area contributed by atoms with E-state index in [2.05, 4.69) is 5.32 Å². The van der Waals surface area contributed by atoms with Crippen molar-refractivity contribution in [2.24, 2.45) is 0 Å². The van der Waals surface area contributed by atoms with Crippen molar-refractivity contribution < 1.29 is 24.2 Å². The van der Waals surface area contributed by atoms with Crippen molar-refractivity contribution in [2.45, 2.75) is 6.61 Å². The Morgan fingerprint density at radius 3 is 2.35 bits per heavy atom. The van der Waals surface area contributed by atoms with E-state index >= 15 is 0 Å². The average Bonchev–Trinajstić information content (AvgIpc) is 2.82. The maximum Gasteiger partial charge on any atom is 0.335 e. The van der Waals surface area contributed by atoms with Crippen molar-refractivity contribution in [3.8, 4) is 17.6 Å². The van der Waals surface area contributed by atoms with E-state index in [1.54, 1.807) is 36.4 Å². The molecule has 0 aliphatic carbocycles. The number of aromatic carboxylic acids is 1. The molecule has 0 aliphatic heterocycles. The van der Waals surface area contributed by atoms with Crippen LogP contribution < -0.4 is 14.8 Å². The predicted octanol–water partition coefficient (Wildman–Crippen LogP) is 5.82. The van der Waals surface area contributed by atoms with Crippen LogP contribution >= 0.6 is 23.2 Å². The third kappa shape index (κ3) is 6.29. The molecule has 0 radical (unpaired) electrons. The topological polar surface area (TPSA) is 109 Å². The fourth-order valence-electron chi connectivity index (χ4n) is 2.92. The molecule has 0 saturated carbocycles. The zero-order valence-electron chi connectivity index (χ0n) is 17.8. The molecule has 1 amide bonds. The van der Waals surface area contributed by atoms with Gasteiger partial charge < -0.3 is 19.9 Å². The molecular weight excluding hydrogens is 479 g/mol. The second-order valence-electron chi connectivity index (χ2n) is 6.95. The minimum atomic E-state index is -1.03. The van der Waals surface area contributed by atoms with Crippen molar-refractivity contribution in [1.29, 1.82) is 5.26 Å². The van der Waals surface area contributed by atoms with Gasteiger partial charge in [0.05, 0.1) is 17.7 Å². The Bertz CT molecular complexity index is 1280. The summed E-state index contributed by atoms with van der Waals surface area (Å²) in [7, 11) is 1.53. The van der Waals surface area contributed by atoms with Gasteiger partial charge in [-0.05, 0) is 60.2 Å². The van der Waals surface area contributed by atoms with Crippen LogP contribution in [0.1, 0.15) is 21.5 Å². The van der Waals surface area contributed by atoms with Gasteiger partial charge in [-0.25, -0.2) is 4.79 Å². The number of carboxylic acids is 1. The molecule has 3 aromatic rings. The summed E-state index contributed by atoms with van der Waals surface area (Å²) in [6.07, 6.45) is 1.33. The molecule has 7 nitrogen and oxygen atoms in total. The predicted molar refractivity (Wildman–Crippen MR) is 129 cm³/mol. The first kappa shape index (κ1) is 24.6. The van der Waals surface area contributed by atoms with E-state index < -0.39 is 11.9 Å². The summed E-state index contributed by atoms with van der Waals surface area (Å²) in [5.74, 6) is -0.808. The molecule has 0 fully saturated rings. The fourth-order valence-corrected chi connectivity index (χ4v) is 3.48. The lowest BCUT2D eigenvalue weighted by Gasteiger charge is -2.13. The lowest BCUT2D eigenvalue weighted by atomic mass is 10.1. The van der Waals surface area contributed by atoms with Gasteiger partial charge in [-0.3, -0.25) is 4.79 Å². The van der Waals surface area contributed by atoms with Gasteiger partial charge in [0.1, 0.15) is 29.7 Å². The maximum atomic E-state index is 12.7. The number of anilines is 1. The van der Waals surface area contributed by atoms with Crippen LogP contribution in [0.4, 0.5) is 5.69 Å². The van der Waals surface area contributed by atoms with Crippen LogP contribution in [0.2, 0.25) is 10.0 Å². The molecule has 0 saturated heterocycles. The van der Waals surface area contributed by atoms with Gasteiger partial charge in [-0.15, -0.1) is 0 Å². The lowest BCUT2D eigenvalue weighted by Crippen LogP contribution is -2.13. The van der Waals surface area contributed by atoms with Gasteiger partial charge in [0, 0.05) is 16.3 Å². The molecule has 3 rings (SSSR count). The number of carbonyl (C=O) groups excluding carboxylic acids is 1. The summed E-state index contributed by atoms with van der Waals surface area (Å²) in [5.41, 5.74) is 1.48. The number of methoxy groups -OCH3 is 1. The Labute approximate surface area is 205 Å². The lowest BCUT2D eigenvalue weighted by molar-refractivity contribution is -0.112. The fraction of sp³-hybridized carbons (Fsp3) is 0.0800. The first-order valence-corrected chi connectivity index (χ1v) is 10.6. The molecule has 0 unspecified atom stereocenters. The average molecular weight is 497 g/mol. The van der Waals surface area contributed by atoms with Gasteiger partial charge in [0.2, 0.25) is 0 Å². The van der Waals surface area contributed by atoms with Gasteiger partial charge in [0.15, 0.2) is 0 Å². The van der Waals surface area contributed by atoms with Crippen LogP contribution in [0, 0.1) is 11.3 Å². The number of carbonyl (C=O) groups is 2. The van der Waals surface area contributed by atoms with Gasteiger partial charge in [-0.1, -0.05) is 35.3 Å². The van der Waals surface area contributed by atoms with E-state index in [4.69, 9.17) is 37.8 Å². The first-order chi connectivity index (χ1) is 16.3. The van der Waals surface area contributed by atoms with Crippen LogP contribution in [-0.4, -0.2) is 24.1 Å². The molecule has 3 aromatic carbocycles. The highest BCUT2D eigenvalue weighted by Gasteiger charge is 2.15. The summed E-state index contributed by atoms with van der Waals surface area (Å²) < 4.78 is 10.9. The Balaban J connectivity index is 1.84. The highest BCUT2D eigenvalue weighted by Crippen LogP contribution is 2.34. The van der Waals surface area contributed by atoms with E-state index in [9.17, 15) is 14.9 Å². The SMILES string of the molecule is COc1ccc(NC(=O)/C(C#N)=C/c2cc(Cl)cc(Cl)c2OCc2ccc(C(=O)O)cc2)cc1. The van der Waals surface area contributed by atoms with Crippen molar-refractivity contribution >= 4 is 46.8 Å². The number of rotatable bonds is 8. The highest BCUT2D eigenvalue weighted by molar-refractivity contribution is 6.36. The largest absolute Gasteiger partial charge is 0.497 e. The van der Waals surface area contributed by atoms with Crippen molar-refractivity contribution in [3.63, 3.8) is 0 Å². The molecular formula is C25H18Cl2N2O5. The van der Waals surface area contributed by atoms with E-state index in [0.717, 1.165) is 0 Å². The second-order valence-corrected chi connectivity index (χ2v) is 7.79. The van der Waals surface area contributed by atoms with Crippen molar-refractivity contribution in [2.75, 3.05) is 12.4 Å². The quantitative estimate of drug-likeness (QED) is 0.300. The standard InChI is InChI=1S/C25H18Cl2N2O5/c1-33-21-8-6-20(7-9-21)29-24(30)18(13-28)10-17-11-19(26)12-22(27)23(17)34-14-15-2-4-16(5-3-15)25(31)32/h2-12H,14H2,1H3,(H,29,30)(H,31,32)/b18-10+. The number of hydrogen-bond acceptors (Lipinski definition) is 5. The summed E-state index contributed by atoms with van der Waals surface area (Å²) in [4.78, 5) is 23.7. The minimum absolute atomic E-state index is 0.0715. The number of nitrogens with one attached hydrogen (secondary N) is 1. The molecule has 0 spiro atoms.